The zero-order valence-corrected chi connectivity index (χ0v) is 14.3. The summed E-state index contributed by atoms with van der Waals surface area (Å²) >= 11 is 0. The highest BCUT2D eigenvalue weighted by atomic mass is 16.5. The molecule has 0 aromatic heterocycles. The second-order valence-corrected chi connectivity index (χ2v) is 5.54. The first-order chi connectivity index (χ1) is 12.0. The first kappa shape index (κ1) is 18.1. The van der Waals surface area contributed by atoms with Crippen LogP contribution in [0.15, 0.2) is 42.5 Å². The topological polar surface area (TPSA) is 67.4 Å². The smallest absolute Gasteiger partial charge is 0.262 e. The van der Waals surface area contributed by atoms with Crippen molar-refractivity contribution >= 4 is 17.5 Å². The lowest BCUT2D eigenvalue weighted by molar-refractivity contribution is -0.118. The fourth-order valence-corrected chi connectivity index (χ4v) is 2.31. The highest BCUT2D eigenvalue weighted by Gasteiger charge is 2.13. The Hall–Kier alpha value is -3.26. The van der Waals surface area contributed by atoms with Crippen LogP contribution in [0.1, 0.15) is 21.5 Å². The number of aryl methyl sites for hydroxylation is 2. The van der Waals surface area contributed by atoms with Crippen molar-refractivity contribution in [2.45, 2.75) is 13.8 Å². The van der Waals surface area contributed by atoms with E-state index >= 15 is 0 Å². The maximum absolute atomic E-state index is 12.2. The van der Waals surface area contributed by atoms with Gasteiger partial charge in [-0.3, -0.25) is 9.59 Å². The van der Waals surface area contributed by atoms with Crippen LogP contribution in [-0.4, -0.2) is 25.0 Å². The lowest BCUT2D eigenvalue weighted by Gasteiger charge is -2.12. The summed E-state index contributed by atoms with van der Waals surface area (Å²) in [7, 11) is 0. The normalized spacial score (nSPS) is 9.80. The molecule has 0 aliphatic carbocycles. The lowest BCUT2D eigenvalue weighted by atomic mass is 10.1. The van der Waals surface area contributed by atoms with E-state index in [9.17, 15) is 9.59 Å². The summed E-state index contributed by atoms with van der Waals surface area (Å²) < 4.78 is 5.55. The van der Waals surface area contributed by atoms with Crippen molar-refractivity contribution < 1.29 is 14.3 Å². The van der Waals surface area contributed by atoms with E-state index in [2.05, 4.69) is 16.6 Å². The van der Waals surface area contributed by atoms with Crippen molar-refractivity contribution in [1.29, 1.82) is 0 Å². The third kappa shape index (κ3) is 5.11. The van der Waals surface area contributed by atoms with Crippen molar-refractivity contribution in [2.24, 2.45) is 0 Å². The zero-order chi connectivity index (χ0) is 18.2. The molecule has 0 unspecified atom stereocenters. The number of nitrogens with one attached hydrogen (secondary N) is 2. The first-order valence-corrected chi connectivity index (χ1v) is 7.82. The van der Waals surface area contributed by atoms with Gasteiger partial charge in [-0.15, -0.1) is 6.42 Å². The van der Waals surface area contributed by atoms with Crippen LogP contribution in [0.4, 0.5) is 5.69 Å². The minimum absolute atomic E-state index is 0.122. The molecule has 0 radical (unpaired) electrons. The molecule has 2 rings (SSSR count). The molecule has 0 bridgehead atoms. The van der Waals surface area contributed by atoms with Gasteiger partial charge in [0.1, 0.15) is 5.75 Å². The van der Waals surface area contributed by atoms with E-state index < -0.39 is 0 Å². The molecule has 0 atom stereocenters. The van der Waals surface area contributed by atoms with Crippen molar-refractivity contribution in [3.8, 4) is 18.1 Å². The summed E-state index contributed by atoms with van der Waals surface area (Å²) in [5.74, 6) is 2.30. The minimum atomic E-state index is -0.350. The summed E-state index contributed by atoms with van der Waals surface area (Å²) in [6, 6.07) is 12.5. The molecule has 0 heterocycles. The molecule has 0 fully saturated rings. The number of hydrogen-bond acceptors (Lipinski definition) is 3. The predicted molar refractivity (Wildman–Crippen MR) is 97.6 cm³/mol. The molecule has 0 aliphatic heterocycles. The number of hydrogen-bond donors (Lipinski definition) is 2. The quantitative estimate of drug-likeness (QED) is 0.797. The first-order valence-electron chi connectivity index (χ1n) is 7.82. The van der Waals surface area contributed by atoms with E-state index in [1.54, 1.807) is 24.3 Å². The fourth-order valence-electron chi connectivity index (χ4n) is 2.31. The minimum Gasteiger partial charge on any atom is -0.483 e. The van der Waals surface area contributed by atoms with Crippen LogP contribution in [0, 0.1) is 26.2 Å². The number of carbonyl (C=O) groups excluding carboxylic acids is 2. The lowest BCUT2D eigenvalue weighted by Crippen LogP contribution is -2.26. The molecular weight excluding hydrogens is 316 g/mol. The second kappa shape index (κ2) is 8.55. The van der Waals surface area contributed by atoms with E-state index in [0.29, 0.717) is 17.0 Å². The average molecular weight is 336 g/mol. The number of terminal acetylenes is 1. The SMILES string of the molecule is C#CCNC(=O)c1ccccc1NC(=O)COc1ccc(C)cc1C. The fraction of sp³-hybridized carbons (Fsp3) is 0.200. The third-order valence-electron chi connectivity index (χ3n) is 3.49. The van der Waals surface area contributed by atoms with Crippen LogP contribution in [0.25, 0.3) is 0 Å². The molecule has 0 saturated heterocycles. The van der Waals surface area contributed by atoms with Crippen LogP contribution in [0.5, 0.6) is 5.75 Å². The van der Waals surface area contributed by atoms with Crippen molar-refractivity contribution in [2.75, 3.05) is 18.5 Å². The second-order valence-electron chi connectivity index (χ2n) is 5.54. The highest BCUT2D eigenvalue weighted by Crippen LogP contribution is 2.19. The largest absolute Gasteiger partial charge is 0.483 e. The van der Waals surface area contributed by atoms with E-state index in [-0.39, 0.29) is 25.0 Å². The van der Waals surface area contributed by atoms with Crippen molar-refractivity contribution in [3.05, 3.63) is 59.2 Å². The molecule has 2 aromatic rings. The van der Waals surface area contributed by atoms with Gasteiger partial charge in [0.15, 0.2) is 6.61 Å². The Morgan fingerprint density at radius 2 is 1.92 bits per heavy atom. The van der Waals surface area contributed by atoms with E-state index in [4.69, 9.17) is 11.2 Å². The number of benzene rings is 2. The zero-order valence-electron chi connectivity index (χ0n) is 14.3. The van der Waals surface area contributed by atoms with E-state index in [0.717, 1.165) is 11.1 Å². The number of ether oxygens (including phenoxy) is 1. The summed E-state index contributed by atoms with van der Waals surface area (Å²) in [4.78, 5) is 24.2. The van der Waals surface area contributed by atoms with Gasteiger partial charge in [-0.25, -0.2) is 0 Å². The Morgan fingerprint density at radius 1 is 1.16 bits per heavy atom. The summed E-state index contributed by atoms with van der Waals surface area (Å²) in [6.07, 6.45) is 5.14. The Morgan fingerprint density at radius 3 is 2.64 bits per heavy atom. The summed E-state index contributed by atoms with van der Waals surface area (Å²) in [6.45, 7) is 3.89. The monoisotopic (exact) mass is 336 g/mol. The third-order valence-corrected chi connectivity index (χ3v) is 3.49. The van der Waals surface area contributed by atoms with Crippen LogP contribution < -0.4 is 15.4 Å². The maximum atomic E-state index is 12.2. The molecule has 2 N–H and O–H groups in total. The Bertz CT molecular complexity index is 822. The Kier molecular flexibility index (Phi) is 6.19. The molecule has 2 amide bonds. The molecule has 0 aliphatic rings. The van der Waals surface area contributed by atoms with Crippen LogP contribution in [0.3, 0.4) is 0 Å². The number of amides is 2. The number of rotatable bonds is 6. The van der Waals surface area contributed by atoms with Gasteiger partial charge in [0.25, 0.3) is 11.8 Å². The van der Waals surface area contributed by atoms with Crippen molar-refractivity contribution in [1.82, 2.24) is 5.32 Å². The van der Waals surface area contributed by atoms with Gasteiger partial charge in [-0.05, 0) is 37.6 Å². The van der Waals surface area contributed by atoms with Gasteiger partial charge in [0.2, 0.25) is 0 Å². The summed E-state index contributed by atoms with van der Waals surface area (Å²) in [5, 5.41) is 5.27. The highest BCUT2D eigenvalue weighted by molar-refractivity contribution is 6.04. The van der Waals surface area contributed by atoms with Gasteiger partial charge in [0, 0.05) is 0 Å². The van der Waals surface area contributed by atoms with Gasteiger partial charge >= 0.3 is 0 Å². The van der Waals surface area contributed by atoms with Crippen LogP contribution in [0.2, 0.25) is 0 Å². The average Bonchev–Trinajstić information content (AvgIpc) is 2.59. The number of para-hydroxylation sites is 1. The number of carbonyl (C=O) groups is 2. The molecule has 128 valence electrons. The predicted octanol–water partition coefficient (Wildman–Crippen LogP) is 2.68. The Labute approximate surface area is 147 Å². The number of anilines is 1. The van der Waals surface area contributed by atoms with Gasteiger partial charge < -0.3 is 15.4 Å². The molecule has 5 heteroatoms. The standard InChI is InChI=1S/C20H20N2O3/c1-4-11-21-20(24)16-7-5-6-8-17(16)22-19(23)13-25-18-10-9-14(2)12-15(18)3/h1,5-10,12H,11,13H2,2-3H3,(H,21,24)(H,22,23). The molecule has 25 heavy (non-hydrogen) atoms. The maximum Gasteiger partial charge on any atom is 0.262 e. The summed E-state index contributed by atoms with van der Waals surface area (Å²) in [5.41, 5.74) is 2.84. The van der Waals surface area contributed by atoms with Crippen LogP contribution >= 0.6 is 0 Å². The van der Waals surface area contributed by atoms with Crippen LogP contribution in [-0.2, 0) is 4.79 Å². The Balaban J connectivity index is 2.01. The van der Waals surface area contributed by atoms with E-state index in [1.165, 1.54) is 0 Å². The van der Waals surface area contributed by atoms with Gasteiger partial charge in [-0.2, -0.15) is 0 Å². The van der Waals surface area contributed by atoms with Gasteiger partial charge in [-0.1, -0.05) is 35.7 Å². The van der Waals surface area contributed by atoms with E-state index in [1.807, 2.05) is 32.0 Å². The van der Waals surface area contributed by atoms with Gasteiger partial charge in [0.05, 0.1) is 17.8 Å². The molecule has 0 saturated carbocycles. The molecule has 2 aromatic carbocycles. The molecule has 5 nitrogen and oxygen atoms in total. The molecule has 0 spiro atoms. The van der Waals surface area contributed by atoms with Crippen molar-refractivity contribution in [3.63, 3.8) is 0 Å². The molecular formula is C20H20N2O3.